The molecule has 8 rings (SSSR count). The summed E-state index contributed by atoms with van der Waals surface area (Å²) < 4.78 is 17.2. The van der Waals surface area contributed by atoms with Crippen LogP contribution in [0.4, 0.5) is 11.4 Å². The number of fused-ring (bicyclic) bond motifs is 3. The van der Waals surface area contributed by atoms with Crippen LogP contribution in [-0.2, 0) is 14.1 Å². The van der Waals surface area contributed by atoms with Gasteiger partial charge in [-0.1, -0.05) is 180 Å². The lowest BCUT2D eigenvalue weighted by Crippen LogP contribution is -2.25. The van der Waals surface area contributed by atoms with Crippen molar-refractivity contribution in [1.29, 1.82) is 0 Å². The average Bonchev–Trinajstić information content (AvgIpc) is 4.27. The van der Waals surface area contributed by atoms with Crippen molar-refractivity contribution in [2.24, 2.45) is 14.1 Å². The standard InChI is InChI=1S/C64H88N6S3/c1-7-11-15-19-23-27-41-69(42-28-24-20-16-12-8-2)51-35-31-49(32-36-51)59-47-57-61(71-59)45-55(67(57)5)53-39-40-54(64-63(53)65-73-66-64)56-46-62-58(68(56)6)48-60(72-62)50-33-37-52(38-34-50)70(43-29-25-21-17-13-9-3)44-30-26-22-18-14-10-4/h31-40,45-48H,7-30,41-44H2,1-6H3. The van der Waals surface area contributed by atoms with Gasteiger partial charge in [0.25, 0.3) is 0 Å². The van der Waals surface area contributed by atoms with Crippen molar-refractivity contribution in [3.63, 3.8) is 0 Å². The van der Waals surface area contributed by atoms with Gasteiger partial charge >= 0.3 is 0 Å². The number of aryl methyl sites for hydroxylation is 2. The minimum Gasteiger partial charge on any atom is -0.372 e. The lowest BCUT2D eigenvalue weighted by atomic mass is 10.0. The molecule has 5 aromatic heterocycles. The molecule has 0 spiro atoms. The van der Waals surface area contributed by atoms with E-state index in [4.69, 9.17) is 8.75 Å². The van der Waals surface area contributed by atoms with Gasteiger partial charge < -0.3 is 18.9 Å². The molecule has 6 nitrogen and oxygen atoms in total. The Labute approximate surface area is 452 Å². The second kappa shape index (κ2) is 28.5. The first-order valence-corrected chi connectivity index (χ1v) is 31.4. The molecule has 392 valence electrons. The monoisotopic (exact) mass is 1040 g/mol. The zero-order valence-electron chi connectivity index (χ0n) is 45.8. The maximum absolute atomic E-state index is 4.95. The summed E-state index contributed by atoms with van der Waals surface area (Å²) in [4.78, 5) is 7.97. The summed E-state index contributed by atoms with van der Waals surface area (Å²) in [7, 11) is 4.41. The van der Waals surface area contributed by atoms with Gasteiger partial charge in [0.1, 0.15) is 11.0 Å². The molecule has 9 heteroatoms. The number of hydrogen-bond acceptors (Lipinski definition) is 7. The number of anilines is 2. The highest BCUT2D eigenvalue weighted by atomic mass is 32.1. The molecule has 0 unspecified atom stereocenters. The van der Waals surface area contributed by atoms with E-state index in [2.05, 4.69) is 146 Å². The van der Waals surface area contributed by atoms with Crippen molar-refractivity contribution in [2.45, 2.75) is 182 Å². The number of unbranched alkanes of at least 4 members (excludes halogenated alkanes) is 20. The van der Waals surface area contributed by atoms with Gasteiger partial charge in [-0.3, -0.25) is 0 Å². The van der Waals surface area contributed by atoms with Gasteiger partial charge in [0.05, 0.1) is 43.5 Å². The van der Waals surface area contributed by atoms with Crippen LogP contribution in [0, 0.1) is 0 Å². The Morgan fingerprint density at radius 2 is 0.699 bits per heavy atom. The van der Waals surface area contributed by atoms with Gasteiger partial charge in [-0.05, 0) is 97.5 Å². The molecule has 0 aliphatic rings. The van der Waals surface area contributed by atoms with Gasteiger partial charge in [0.15, 0.2) is 0 Å². The van der Waals surface area contributed by atoms with E-state index >= 15 is 0 Å². The molecule has 0 saturated carbocycles. The SMILES string of the molecule is CCCCCCCCN(CCCCCCCC)c1ccc(-c2cc3c(cc(-c4ccc(-c5cc6sc(-c7ccc(N(CCCCCCCC)CCCCCCCC)cc7)cc6n5C)c5nsnc45)n3C)s2)cc1. The quantitative estimate of drug-likeness (QED) is 0.0377. The smallest absolute Gasteiger partial charge is 0.114 e. The number of aromatic nitrogens is 4. The van der Waals surface area contributed by atoms with E-state index in [0.717, 1.165) is 48.3 Å². The molecular formula is C64H88N6S3. The second-order valence-corrected chi connectivity index (χ2v) is 23.9. The van der Waals surface area contributed by atoms with Crippen LogP contribution in [-0.4, -0.2) is 44.1 Å². The number of rotatable bonds is 34. The van der Waals surface area contributed by atoms with Gasteiger partial charge in [0, 0.05) is 72.5 Å². The predicted octanol–water partition coefficient (Wildman–Crippen LogP) is 20.5. The van der Waals surface area contributed by atoms with Gasteiger partial charge in [0.2, 0.25) is 0 Å². The Hall–Kier alpha value is -4.44. The van der Waals surface area contributed by atoms with E-state index in [0.29, 0.717) is 0 Å². The molecule has 3 aromatic carbocycles. The van der Waals surface area contributed by atoms with Gasteiger partial charge in [-0.15, -0.1) is 22.7 Å². The van der Waals surface area contributed by atoms with Crippen LogP contribution < -0.4 is 9.80 Å². The topological polar surface area (TPSA) is 42.1 Å². The summed E-state index contributed by atoms with van der Waals surface area (Å²) in [6.07, 6.45) is 32.2. The van der Waals surface area contributed by atoms with E-state index in [1.807, 2.05) is 22.7 Å². The molecule has 0 radical (unpaired) electrons. The summed E-state index contributed by atoms with van der Waals surface area (Å²) >= 11 is 5.10. The number of thiophene rings is 2. The summed E-state index contributed by atoms with van der Waals surface area (Å²) in [5.74, 6) is 0. The highest BCUT2D eigenvalue weighted by Crippen LogP contribution is 2.43. The normalized spacial score (nSPS) is 11.9. The molecule has 0 saturated heterocycles. The predicted molar refractivity (Wildman–Crippen MR) is 326 cm³/mol. The third-order valence-corrected chi connectivity index (χ3v) is 18.4. The van der Waals surface area contributed by atoms with Gasteiger partial charge in [-0.25, -0.2) is 0 Å². The minimum atomic E-state index is 0.977. The van der Waals surface area contributed by atoms with Crippen molar-refractivity contribution in [1.82, 2.24) is 17.9 Å². The van der Waals surface area contributed by atoms with Crippen molar-refractivity contribution in [3.8, 4) is 43.4 Å². The van der Waals surface area contributed by atoms with Gasteiger partial charge in [-0.2, -0.15) is 8.75 Å². The van der Waals surface area contributed by atoms with Crippen molar-refractivity contribution < 1.29 is 0 Å². The molecule has 0 aliphatic heterocycles. The molecule has 8 aromatic rings. The van der Waals surface area contributed by atoms with E-state index in [-0.39, 0.29) is 0 Å². The van der Waals surface area contributed by atoms with Crippen molar-refractivity contribution >= 4 is 77.2 Å². The Morgan fingerprint density at radius 3 is 1.01 bits per heavy atom. The highest BCUT2D eigenvalue weighted by Gasteiger charge is 2.21. The molecule has 0 fully saturated rings. The number of hydrogen-bond donors (Lipinski definition) is 0. The van der Waals surface area contributed by atoms with Crippen LogP contribution in [0.2, 0.25) is 0 Å². The maximum Gasteiger partial charge on any atom is 0.114 e. The summed E-state index contributed by atoms with van der Waals surface area (Å²) in [5, 5.41) is 0. The van der Waals surface area contributed by atoms with Crippen LogP contribution in [0.15, 0.2) is 84.9 Å². The van der Waals surface area contributed by atoms with Crippen LogP contribution in [0.25, 0.3) is 74.9 Å². The zero-order chi connectivity index (χ0) is 50.8. The maximum atomic E-state index is 4.95. The summed E-state index contributed by atoms with van der Waals surface area (Å²) in [5.41, 5.74) is 14.5. The summed E-state index contributed by atoms with van der Waals surface area (Å²) in [6.45, 7) is 13.9. The molecule has 0 N–H and O–H groups in total. The van der Waals surface area contributed by atoms with Crippen LogP contribution in [0.5, 0.6) is 0 Å². The molecule has 0 amide bonds. The Morgan fingerprint density at radius 1 is 0.384 bits per heavy atom. The molecule has 0 atom stereocenters. The molecule has 5 heterocycles. The first-order valence-electron chi connectivity index (χ1n) is 29.1. The van der Waals surface area contributed by atoms with E-state index in [1.165, 1.54) is 230 Å². The first kappa shape index (κ1) is 54.8. The lowest BCUT2D eigenvalue weighted by Gasteiger charge is -2.25. The third kappa shape index (κ3) is 14.3. The third-order valence-electron chi connectivity index (χ3n) is 15.6. The highest BCUT2D eigenvalue weighted by molar-refractivity contribution is 7.22. The molecule has 0 aliphatic carbocycles. The lowest BCUT2D eigenvalue weighted by molar-refractivity contribution is 0.575. The molecule has 0 bridgehead atoms. The molecule has 73 heavy (non-hydrogen) atoms. The fourth-order valence-electron chi connectivity index (χ4n) is 11.0. The van der Waals surface area contributed by atoms with Crippen LogP contribution in [0.3, 0.4) is 0 Å². The second-order valence-electron chi connectivity index (χ2n) is 21.2. The molecular weight excluding hydrogens is 949 g/mol. The Kier molecular flexibility index (Phi) is 21.4. The fraction of sp³-hybridized carbons (Fsp3) is 0.531. The Bertz CT molecular complexity index is 2630. The van der Waals surface area contributed by atoms with E-state index in [9.17, 15) is 0 Å². The van der Waals surface area contributed by atoms with Crippen molar-refractivity contribution in [2.75, 3.05) is 36.0 Å². The number of nitrogens with zero attached hydrogens (tertiary/aromatic N) is 6. The van der Waals surface area contributed by atoms with Crippen LogP contribution >= 0.6 is 34.4 Å². The summed E-state index contributed by atoms with van der Waals surface area (Å²) in [6, 6.07) is 33.0. The van der Waals surface area contributed by atoms with E-state index in [1.54, 1.807) is 0 Å². The minimum absolute atomic E-state index is 0.977. The number of benzene rings is 3. The Balaban J connectivity index is 0.945. The van der Waals surface area contributed by atoms with Crippen LogP contribution in [0.1, 0.15) is 182 Å². The van der Waals surface area contributed by atoms with Crippen molar-refractivity contribution in [3.05, 3.63) is 84.9 Å². The largest absolute Gasteiger partial charge is 0.372 e. The average molecular weight is 1040 g/mol. The zero-order valence-corrected chi connectivity index (χ0v) is 48.2. The first-order chi connectivity index (χ1) is 35.9. The van der Waals surface area contributed by atoms with E-state index < -0.39 is 0 Å². The fourth-order valence-corrected chi connectivity index (χ4v) is 13.9.